The van der Waals surface area contributed by atoms with Crippen molar-refractivity contribution >= 4 is 11.8 Å². The SMILES string of the molecule is COc1cc(C(=O)N2CCNC(=O)C2c2ccccc2)cc(OC)c1OC. The van der Waals surface area contributed by atoms with E-state index in [1.807, 2.05) is 30.3 Å². The summed E-state index contributed by atoms with van der Waals surface area (Å²) in [5.41, 5.74) is 1.12. The van der Waals surface area contributed by atoms with Gasteiger partial charge in [-0.05, 0) is 17.7 Å². The molecule has 27 heavy (non-hydrogen) atoms. The number of amides is 2. The monoisotopic (exact) mass is 370 g/mol. The minimum Gasteiger partial charge on any atom is -0.493 e. The Bertz CT molecular complexity index is 813. The number of nitrogens with zero attached hydrogens (tertiary/aromatic N) is 1. The van der Waals surface area contributed by atoms with Crippen LogP contribution in [-0.2, 0) is 4.79 Å². The van der Waals surface area contributed by atoms with Crippen molar-refractivity contribution in [2.45, 2.75) is 6.04 Å². The van der Waals surface area contributed by atoms with E-state index in [1.54, 1.807) is 17.0 Å². The van der Waals surface area contributed by atoms with Gasteiger partial charge >= 0.3 is 0 Å². The molecule has 1 aliphatic rings. The van der Waals surface area contributed by atoms with Gasteiger partial charge in [0.2, 0.25) is 11.7 Å². The molecule has 2 aromatic rings. The molecule has 142 valence electrons. The molecule has 0 saturated carbocycles. The summed E-state index contributed by atoms with van der Waals surface area (Å²) in [4.78, 5) is 27.3. The predicted octanol–water partition coefficient (Wildman–Crippen LogP) is 2.03. The molecule has 7 heteroatoms. The third-order valence-corrected chi connectivity index (χ3v) is 4.50. The third kappa shape index (κ3) is 3.53. The van der Waals surface area contributed by atoms with Gasteiger partial charge in [0.25, 0.3) is 5.91 Å². The van der Waals surface area contributed by atoms with Crippen molar-refractivity contribution in [2.24, 2.45) is 0 Å². The highest BCUT2D eigenvalue weighted by Crippen LogP contribution is 2.39. The summed E-state index contributed by atoms with van der Waals surface area (Å²) >= 11 is 0. The Kier molecular flexibility index (Phi) is 5.49. The van der Waals surface area contributed by atoms with Crippen molar-refractivity contribution in [1.29, 1.82) is 0 Å². The van der Waals surface area contributed by atoms with Gasteiger partial charge in [0.1, 0.15) is 6.04 Å². The molecule has 0 aliphatic carbocycles. The molecule has 1 aliphatic heterocycles. The fourth-order valence-corrected chi connectivity index (χ4v) is 3.22. The zero-order valence-corrected chi connectivity index (χ0v) is 15.5. The quantitative estimate of drug-likeness (QED) is 0.871. The van der Waals surface area contributed by atoms with Crippen molar-refractivity contribution in [3.8, 4) is 17.2 Å². The van der Waals surface area contributed by atoms with Gasteiger partial charge in [-0.1, -0.05) is 30.3 Å². The number of ether oxygens (including phenoxy) is 3. The Morgan fingerprint density at radius 3 is 2.22 bits per heavy atom. The summed E-state index contributed by atoms with van der Waals surface area (Å²) in [5.74, 6) is 0.703. The van der Waals surface area contributed by atoms with Crippen LogP contribution in [0, 0.1) is 0 Å². The molecule has 2 aromatic carbocycles. The van der Waals surface area contributed by atoms with E-state index in [0.29, 0.717) is 35.9 Å². The second-order valence-corrected chi connectivity index (χ2v) is 6.02. The average molecular weight is 370 g/mol. The Labute approximate surface area is 157 Å². The molecular weight excluding hydrogens is 348 g/mol. The van der Waals surface area contributed by atoms with Crippen LogP contribution in [0.1, 0.15) is 22.0 Å². The predicted molar refractivity (Wildman–Crippen MR) is 99.3 cm³/mol. The van der Waals surface area contributed by atoms with Crippen LogP contribution in [0.3, 0.4) is 0 Å². The third-order valence-electron chi connectivity index (χ3n) is 4.50. The van der Waals surface area contributed by atoms with Crippen molar-refractivity contribution < 1.29 is 23.8 Å². The van der Waals surface area contributed by atoms with Gasteiger partial charge in [-0.3, -0.25) is 9.59 Å². The lowest BCUT2D eigenvalue weighted by Gasteiger charge is -2.35. The van der Waals surface area contributed by atoms with E-state index < -0.39 is 6.04 Å². The number of hydrogen-bond acceptors (Lipinski definition) is 5. The lowest BCUT2D eigenvalue weighted by atomic mass is 10.0. The first kappa shape index (κ1) is 18.6. The largest absolute Gasteiger partial charge is 0.493 e. The van der Waals surface area contributed by atoms with E-state index in [9.17, 15) is 9.59 Å². The molecule has 3 rings (SSSR count). The molecule has 1 unspecified atom stereocenters. The molecule has 1 saturated heterocycles. The van der Waals surface area contributed by atoms with Crippen LogP contribution in [-0.4, -0.2) is 51.1 Å². The van der Waals surface area contributed by atoms with Crippen LogP contribution >= 0.6 is 0 Å². The normalized spacial score (nSPS) is 16.5. The van der Waals surface area contributed by atoms with Gasteiger partial charge in [0.05, 0.1) is 21.3 Å². The minimum atomic E-state index is -0.688. The van der Waals surface area contributed by atoms with E-state index >= 15 is 0 Å². The fraction of sp³-hybridized carbons (Fsp3) is 0.300. The molecular formula is C20H22N2O5. The van der Waals surface area contributed by atoms with Crippen LogP contribution in [0.2, 0.25) is 0 Å². The summed E-state index contributed by atoms with van der Waals surface area (Å²) in [7, 11) is 4.49. The molecule has 1 fully saturated rings. The Hall–Kier alpha value is -3.22. The van der Waals surface area contributed by atoms with E-state index in [2.05, 4.69) is 5.32 Å². The minimum absolute atomic E-state index is 0.201. The number of rotatable bonds is 5. The standard InChI is InChI=1S/C20H22N2O5/c1-25-15-11-14(12-16(26-2)18(15)27-3)20(24)22-10-9-21-19(23)17(22)13-7-5-4-6-8-13/h4-8,11-12,17H,9-10H2,1-3H3,(H,21,23). The van der Waals surface area contributed by atoms with Crippen LogP contribution < -0.4 is 19.5 Å². The second-order valence-electron chi connectivity index (χ2n) is 6.02. The first-order valence-corrected chi connectivity index (χ1v) is 8.54. The summed E-state index contributed by atoms with van der Waals surface area (Å²) in [6.07, 6.45) is 0. The number of hydrogen-bond donors (Lipinski definition) is 1. The number of piperazine rings is 1. The summed E-state index contributed by atoms with van der Waals surface area (Å²) in [6.45, 7) is 0.805. The summed E-state index contributed by atoms with van der Waals surface area (Å²) in [6, 6.07) is 11.7. The number of nitrogens with one attached hydrogen (secondary N) is 1. The van der Waals surface area contributed by atoms with Crippen molar-refractivity contribution in [1.82, 2.24) is 10.2 Å². The maximum Gasteiger partial charge on any atom is 0.255 e. The van der Waals surface area contributed by atoms with Crippen molar-refractivity contribution in [3.63, 3.8) is 0 Å². The van der Waals surface area contributed by atoms with Crippen LogP contribution in [0.4, 0.5) is 0 Å². The van der Waals surface area contributed by atoms with E-state index in [-0.39, 0.29) is 11.8 Å². The summed E-state index contributed by atoms with van der Waals surface area (Å²) < 4.78 is 16.0. The van der Waals surface area contributed by atoms with Crippen molar-refractivity contribution in [2.75, 3.05) is 34.4 Å². The molecule has 2 amide bonds. The smallest absolute Gasteiger partial charge is 0.255 e. The molecule has 0 aromatic heterocycles. The number of carbonyl (C=O) groups is 2. The molecule has 1 N–H and O–H groups in total. The van der Waals surface area contributed by atoms with Crippen molar-refractivity contribution in [3.05, 3.63) is 53.6 Å². The highest BCUT2D eigenvalue weighted by molar-refractivity contribution is 5.99. The summed E-state index contributed by atoms with van der Waals surface area (Å²) in [5, 5.41) is 2.83. The maximum atomic E-state index is 13.3. The highest BCUT2D eigenvalue weighted by Gasteiger charge is 2.35. The first-order valence-electron chi connectivity index (χ1n) is 8.54. The Morgan fingerprint density at radius 2 is 1.67 bits per heavy atom. The van der Waals surface area contributed by atoms with Gasteiger partial charge in [-0.15, -0.1) is 0 Å². The Balaban J connectivity index is 2.01. The molecule has 1 heterocycles. The van der Waals surface area contributed by atoms with Gasteiger partial charge in [0.15, 0.2) is 11.5 Å². The van der Waals surface area contributed by atoms with Gasteiger partial charge in [0, 0.05) is 18.7 Å². The zero-order chi connectivity index (χ0) is 19.4. The van der Waals surface area contributed by atoms with Gasteiger partial charge in [-0.2, -0.15) is 0 Å². The molecule has 7 nitrogen and oxygen atoms in total. The number of benzene rings is 2. The number of methoxy groups -OCH3 is 3. The van der Waals surface area contributed by atoms with Crippen LogP contribution in [0.15, 0.2) is 42.5 Å². The Morgan fingerprint density at radius 1 is 1.04 bits per heavy atom. The van der Waals surface area contributed by atoms with Crippen LogP contribution in [0.25, 0.3) is 0 Å². The molecule has 0 spiro atoms. The van der Waals surface area contributed by atoms with E-state index in [1.165, 1.54) is 21.3 Å². The highest BCUT2D eigenvalue weighted by atomic mass is 16.5. The van der Waals surface area contributed by atoms with E-state index in [0.717, 1.165) is 5.56 Å². The molecule has 1 atom stereocenters. The first-order chi connectivity index (χ1) is 13.1. The lowest BCUT2D eigenvalue weighted by Crippen LogP contribution is -2.52. The number of carbonyl (C=O) groups excluding carboxylic acids is 2. The molecule has 0 bridgehead atoms. The lowest BCUT2D eigenvalue weighted by molar-refractivity contribution is -0.128. The van der Waals surface area contributed by atoms with Gasteiger partial charge < -0.3 is 24.4 Å². The van der Waals surface area contributed by atoms with Crippen LogP contribution in [0.5, 0.6) is 17.2 Å². The topological polar surface area (TPSA) is 77.1 Å². The average Bonchev–Trinajstić information content (AvgIpc) is 2.72. The van der Waals surface area contributed by atoms with E-state index in [4.69, 9.17) is 14.2 Å². The maximum absolute atomic E-state index is 13.3. The fourth-order valence-electron chi connectivity index (χ4n) is 3.22. The second kappa shape index (κ2) is 7.99. The molecule has 0 radical (unpaired) electrons. The zero-order valence-electron chi connectivity index (χ0n) is 15.5. The van der Waals surface area contributed by atoms with Gasteiger partial charge in [-0.25, -0.2) is 0 Å².